The van der Waals surface area contributed by atoms with E-state index in [1.54, 1.807) is 6.92 Å². The molecule has 30 heavy (non-hydrogen) atoms. The normalized spacial score (nSPS) is 10.3. The van der Waals surface area contributed by atoms with Gasteiger partial charge in [-0.1, -0.05) is 12.1 Å². The van der Waals surface area contributed by atoms with E-state index < -0.39 is 36.1 Å². The van der Waals surface area contributed by atoms with Gasteiger partial charge in [0.05, 0.1) is 12.3 Å². The zero-order chi connectivity index (χ0) is 22.3. The van der Waals surface area contributed by atoms with E-state index >= 15 is 0 Å². The summed E-state index contributed by atoms with van der Waals surface area (Å²) in [6.07, 6.45) is 0. The number of nitrogens with one attached hydrogen (secondary N) is 1. The summed E-state index contributed by atoms with van der Waals surface area (Å²) in [5, 5.41) is 2.35. The number of anilines is 1. The predicted octanol–water partition coefficient (Wildman–Crippen LogP) is 0.285. The number of esters is 1. The summed E-state index contributed by atoms with van der Waals surface area (Å²) >= 11 is 0.673. The van der Waals surface area contributed by atoms with Gasteiger partial charge in [-0.05, 0) is 36.2 Å². The van der Waals surface area contributed by atoms with Gasteiger partial charge in [0.2, 0.25) is 5.91 Å². The first kappa shape index (κ1) is 22.7. The molecule has 0 aliphatic carbocycles. The Labute approximate surface area is 175 Å². The molecule has 2 rings (SSSR count). The van der Waals surface area contributed by atoms with E-state index in [9.17, 15) is 23.6 Å². The summed E-state index contributed by atoms with van der Waals surface area (Å²) in [6.45, 7) is 0.938. The highest BCUT2D eigenvalue weighted by Crippen LogP contribution is 2.24. The smallest absolute Gasteiger partial charge is 0.325 e. The molecule has 0 fully saturated rings. The molecule has 12 heteroatoms. The number of carbonyl (C=O) groups is 4. The van der Waals surface area contributed by atoms with Crippen molar-refractivity contribution in [3.8, 4) is 0 Å². The van der Waals surface area contributed by atoms with Crippen LogP contribution in [-0.4, -0.2) is 52.7 Å². The third kappa shape index (κ3) is 5.98. The Morgan fingerprint density at radius 2 is 1.90 bits per heavy atom. The second-order valence-electron chi connectivity index (χ2n) is 6.01. The highest BCUT2D eigenvalue weighted by molar-refractivity contribution is 7.09. The van der Waals surface area contributed by atoms with E-state index in [2.05, 4.69) is 9.69 Å². The number of ether oxygens (including phenoxy) is 1. The van der Waals surface area contributed by atoms with Crippen LogP contribution in [0.25, 0.3) is 0 Å². The van der Waals surface area contributed by atoms with Gasteiger partial charge in [0.1, 0.15) is 23.8 Å². The molecule has 1 aromatic heterocycles. The molecule has 0 atom stereocenters. The second kappa shape index (κ2) is 10.3. The fourth-order valence-corrected chi connectivity index (χ4v) is 3.17. The number of halogens is 1. The number of aromatic nitrogens is 1. The molecule has 10 nitrogen and oxygen atoms in total. The number of hydrogen-bond acceptors (Lipinski definition) is 8. The number of nitrogens with two attached hydrogens (primary N) is 2. The number of carbonyl (C=O) groups excluding carboxylic acids is 4. The first-order valence-electron chi connectivity index (χ1n) is 8.73. The van der Waals surface area contributed by atoms with Gasteiger partial charge >= 0.3 is 5.97 Å². The van der Waals surface area contributed by atoms with E-state index in [4.69, 9.17) is 16.2 Å². The Kier molecular flexibility index (Phi) is 7.81. The molecule has 0 saturated carbocycles. The fraction of sp³-hybridized carbons (Fsp3) is 0.278. The minimum absolute atomic E-state index is 0.0603. The van der Waals surface area contributed by atoms with E-state index in [1.165, 1.54) is 24.3 Å². The second-order valence-corrected chi connectivity index (χ2v) is 6.78. The zero-order valence-corrected chi connectivity index (χ0v) is 16.8. The Bertz CT molecular complexity index is 947. The van der Waals surface area contributed by atoms with E-state index in [0.717, 1.165) is 4.90 Å². The number of amides is 3. The number of nitrogen functional groups attached to an aromatic ring is 1. The molecule has 0 aliphatic rings. The maximum atomic E-state index is 13.2. The van der Waals surface area contributed by atoms with Crippen LogP contribution in [0, 0.1) is 5.82 Å². The Balaban J connectivity index is 2.21. The number of rotatable bonds is 9. The molecule has 0 radical (unpaired) electrons. The summed E-state index contributed by atoms with van der Waals surface area (Å²) in [7, 11) is 0. The monoisotopic (exact) mass is 437 g/mol. The van der Waals surface area contributed by atoms with Gasteiger partial charge in [-0.25, -0.2) is 4.39 Å². The van der Waals surface area contributed by atoms with Crippen LogP contribution in [0.1, 0.15) is 32.6 Å². The molecule has 0 unspecified atom stereocenters. The lowest BCUT2D eigenvalue weighted by atomic mass is 10.2. The van der Waals surface area contributed by atoms with Crippen molar-refractivity contribution in [1.29, 1.82) is 0 Å². The number of primary amides is 1. The van der Waals surface area contributed by atoms with Crippen LogP contribution in [0.15, 0.2) is 24.3 Å². The lowest BCUT2D eigenvalue weighted by molar-refractivity contribution is -0.143. The molecule has 160 valence electrons. The maximum absolute atomic E-state index is 13.2. The van der Waals surface area contributed by atoms with Crippen molar-refractivity contribution >= 4 is 40.9 Å². The molecule has 5 N–H and O–H groups in total. The summed E-state index contributed by atoms with van der Waals surface area (Å²) in [5.41, 5.74) is 11.1. The lowest BCUT2D eigenvalue weighted by Gasteiger charge is -2.22. The van der Waals surface area contributed by atoms with E-state index in [-0.39, 0.29) is 36.0 Å². The van der Waals surface area contributed by atoms with Gasteiger partial charge in [-0.2, -0.15) is 4.37 Å². The highest BCUT2D eigenvalue weighted by atomic mass is 32.1. The summed E-state index contributed by atoms with van der Waals surface area (Å²) in [6, 6.07) is 5.34. The largest absolute Gasteiger partial charge is 0.465 e. The van der Waals surface area contributed by atoms with Crippen molar-refractivity contribution in [2.45, 2.75) is 13.5 Å². The maximum Gasteiger partial charge on any atom is 0.325 e. The first-order chi connectivity index (χ1) is 14.2. The number of hydrogen-bond donors (Lipinski definition) is 3. The molecule has 0 bridgehead atoms. The standard InChI is InChI=1S/C18H20FN5O5S/c1-2-29-13(26)7-22-12(25)9-24(8-10-3-5-11(19)6-4-10)18(28)16-14(20)15(17(21)27)23-30-16/h3-6H,2,7-9,20H2,1H3,(H2,21,27)(H,22,25). The molecule has 0 saturated heterocycles. The van der Waals surface area contributed by atoms with Crippen molar-refractivity contribution in [3.63, 3.8) is 0 Å². The quantitative estimate of drug-likeness (QED) is 0.476. The minimum atomic E-state index is -0.889. The van der Waals surface area contributed by atoms with Gasteiger partial charge in [-0.15, -0.1) is 0 Å². The lowest BCUT2D eigenvalue weighted by Crippen LogP contribution is -2.42. The number of benzene rings is 1. The van der Waals surface area contributed by atoms with E-state index in [0.29, 0.717) is 17.1 Å². The Morgan fingerprint density at radius 3 is 2.47 bits per heavy atom. The van der Waals surface area contributed by atoms with E-state index in [1.807, 2.05) is 0 Å². The predicted molar refractivity (Wildman–Crippen MR) is 106 cm³/mol. The van der Waals surface area contributed by atoms with Crippen molar-refractivity contribution in [3.05, 3.63) is 46.2 Å². The van der Waals surface area contributed by atoms with Crippen LogP contribution in [0.2, 0.25) is 0 Å². The van der Waals surface area contributed by atoms with Crippen molar-refractivity contribution in [1.82, 2.24) is 14.6 Å². The molecule has 3 amide bonds. The van der Waals surface area contributed by atoms with Crippen molar-refractivity contribution in [2.75, 3.05) is 25.4 Å². The first-order valence-corrected chi connectivity index (χ1v) is 9.51. The summed E-state index contributed by atoms with van der Waals surface area (Å²) < 4.78 is 21.7. The van der Waals surface area contributed by atoms with Crippen LogP contribution in [0.4, 0.5) is 10.1 Å². The topological polar surface area (TPSA) is 158 Å². The summed E-state index contributed by atoms with van der Waals surface area (Å²) in [5.74, 6) is -3.27. The van der Waals surface area contributed by atoms with Crippen LogP contribution in [-0.2, 0) is 20.9 Å². The third-order valence-corrected chi connectivity index (χ3v) is 4.65. The molecule has 1 heterocycles. The molecule has 2 aromatic rings. The van der Waals surface area contributed by atoms with Crippen molar-refractivity contribution < 1.29 is 28.3 Å². The molecular weight excluding hydrogens is 417 g/mol. The van der Waals surface area contributed by atoms with Gasteiger partial charge < -0.3 is 26.4 Å². The molecule has 0 spiro atoms. The molecular formula is C18H20FN5O5S. The van der Waals surface area contributed by atoms with Gasteiger partial charge in [0.15, 0.2) is 5.69 Å². The third-order valence-electron chi connectivity index (χ3n) is 3.80. The average molecular weight is 437 g/mol. The Morgan fingerprint density at radius 1 is 1.23 bits per heavy atom. The van der Waals surface area contributed by atoms with Crippen molar-refractivity contribution in [2.24, 2.45) is 5.73 Å². The van der Waals surface area contributed by atoms with Gasteiger partial charge in [0.25, 0.3) is 11.8 Å². The fourth-order valence-electron chi connectivity index (χ4n) is 2.39. The zero-order valence-electron chi connectivity index (χ0n) is 16.0. The Hall–Kier alpha value is -3.54. The van der Waals surface area contributed by atoms with Crippen LogP contribution >= 0.6 is 11.5 Å². The minimum Gasteiger partial charge on any atom is -0.465 e. The highest BCUT2D eigenvalue weighted by Gasteiger charge is 2.26. The van der Waals surface area contributed by atoms with Gasteiger partial charge in [-0.3, -0.25) is 19.2 Å². The SMILES string of the molecule is CCOC(=O)CNC(=O)CN(Cc1ccc(F)cc1)C(=O)c1snc(C(N)=O)c1N. The number of nitrogens with zero attached hydrogens (tertiary/aromatic N) is 2. The molecule has 1 aromatic carbocycles. The molecule has 0 aliphatic heterocycles. The van der Waals surface area contributed by atoms with Crippen LogP contribution < -0.4 is 16.8 Å². The van der Waals surface area contributed by atoms with Crippen LogP contribution in [0.3, 0.4) is 0 Å². The van der Waals surface area contributed by atoms with Crippen LogP contribution in [0.5, 0.6) is 0 Å². The van der Waals surface area contributed by atoms with Gasteiger partial charge in [0, 0.05) is 6.54 Å². The average Bonchev–Trinajstić information content (AvgIpc) is 3.09. The summed E-state index contributed by atoms with van der Waals surface area (Å²) in [4.78, 5) is 49.0.